The second kappa shape index (κ2) is 4.39. The molecule has 6 heteroatoms. The number of aromatic nitrogens is 3. The molecular weight excluding hydrogens is 272 g/mol. The molecule has 16 heavy (non-hydrogen) atoms. The minimum atomic E-state index is -0.402. The Hall–Kier alpha value is -1.14. The highest BCUT2D eigenvalue weighted by molar-refractivity contribution is 9.10. The van der Waals surface area contributed by atoms with Crippen LogP contribution in [0.1, 0.15) is 6.92 Å². The lowest BCUT2D eigenvalue weighted by atomic mass is 10.4. The first-order chi connectivity index (χ1) is 7.58. The standard InChI is InChI=1S/C10H13BrN4O/c1-7(16)5-14(2)10-9-12-3-4-15(9)6-8(11)13-10/h3-4,6-7,16H,5H2,1-2H3. The monoisotopic (exact) mass is 284 g/mol. The third-order valence-corrected chi connectivity index (χ3v) is 2.61. The van der Waals surface area contributed by atoms with Crippen LogP contribution in [-0.4, -0.2) is 39.2 Å². The van der Waals surface area contributed by atoms with E-state index in [2.05, 4.69) is 25.9 Å². The van der Waals surface area contributed by atoms with Crippen molar-refractivity contribution in [1.82, 2.24) is 14.4 Å². The van der Waals surface area contributed by atoms with Crippen LogP contribution in [0.4, 0.5) is 5.82 Å². The number of rotatable bonds is 3. The summed E-state index contributed by atoms with van der Waals surface area (Å²) in [6, 6.07) is 0. The van der Waals surface area contributed by atoms with Crippen LogP contribution < -0.4 is 4.90 Å². The summed E-state index contributed by atoms with van der Waals surface area (Å²) in [4.78, 5) is 10.5. The number of hydrogen-bond acceptors (Lipinski definition) is 4. The molecule has 0 saturated carbocycles. The van der Waals surface area contributed by atoms with Crippen LogP contribution >= 0.6 is 15.9 Å². The lowest BCUT2D eigenvalue weighted by molar-refractivity contribution is 0.201. The van der Waals surface area contributed by atoms with E-state index in [9.17, 15) is 5.11 Å². The van der Waals surface area contributed by atoms with E-state index in [1.54, 1.807) is 13.1 Å². The Morgan fingerprint density at radius 3 is 3.06 bits per heavy atom. The molecule has 0 amide bonds. The molecule has 0 bridgehead atoms. The highest BCUT2D eigenvalue weighted by atomic mass is 79.9. The van der Waals surface area contributed by atoms with Crippen LogP contribution in [0.3, 0.4) is 0 Å². The maximum Gasteiger partial charge on any atom is 0.180 e. The van der Waals surface area contributed by atoms with Gasteiger partial charge in [0.1, 0.15) is 4.60 Å². The smallest absolute Gasteiger partial charge is 0.180 e. The summed E-state index contributed by atoms with van der Waals surface area (Å²) in [6.07, 6.45) is 5.04. The van der Waals surface area contributed by atoms with E-state index in [-0.39, 0.29) is 0 Å². The van der Waals surface area contributed by atoms with Gasteiger partial charge in [0.2, 0.25) is 0 Å². The summed E-state index contributed by atoms with van der Waals surface area (Å²) in [5.74, 6) is 0.750. The third-order valence-electron chi connectivity index (χ3n) is 2.23. The molecule has 0 aliphatic carbocycles. The first-order valence-corrected chi connectivity index (χ1v) is 5.75. The van der Waals surface area contributed by atoms with E-state index in [0.29, 0.717) is 6.54 Å². The summed E-state index contributed by atoms with van der Waals surface area (Å²) in [7, 11) is 1.89. The summed E-state index contributed by atoms with van der Waals surface area (Å²) in [5, 5.41) is 9.37. The van der Waals surface area contributed by atoms with Crippen LogP contribution in [0.2, 0.25) is 0 Å². The van der Waals surface area contributed by atoms with Gasteiger partial charge in [-0.05, 0) is 22.9 Å². The molecule has 1 N–H and O–H groups in total. The van der Waals surface area contributed by atoms with Gasteiger partial charge in [-0.2, -0.15) is 0 Å². The Kier molecular flexibility index (Phi) is 3.11. The number of anilines is 1. The van der Waals surface area contributed by atoms with Crippen LogP contribution in [0, 0.1) is 0 Å². The normalized spacial score (nSPS) is 13.0. The second-order valence-corrected chi connectivity index (χ2v) is 4.59. The number of hydrogen-bond donors (Lipinski definition) is 1. The Morgan fingerprint density at radius 2 is 2.38 bits per heavy atom. The highest BCUT2D eigenvalue weighted by Gasteiger charge is 2.12. The summed E-state index contributed by atoms with van der Waals surface area (Å²) in [6.45, 7) is 2.27. The average Bonchev–Trinajstić information content (AvgIpc) is 2.62. The van der Waals surface area contributed by atoms with E-state index < -0.39 is 6.10 Å². The molecule has 0 radical (unpaired) electrons. The Balaban J connectivity index is 2.45. The molecule has 86 valence electrons. The number of halogens is 1. The van der Waals surface area contributed by atoms with E-state index in [1.807, 2.05) is 28.7 Å². The predicted molar refractivity (Wildman–Crippen MR) is 65.6 cm³/mol. The lowest BCUT2D eigenvalue weighted by Gasteiger charge is -2.20. The topological polar surface area (TPSA) is 53.7 Å². The lowest BCUT2D eigenvalue weighted by Crippen LogP contribution is -2.28. The van der Waals surface area contributed by atoms with Crippen molar-refractivity contribution in [2.75, 3.05) is 18.5 Å². The minimum absolute atomic E-state index is 0.402. The molecule has 2 aromatic heterocycles. The highest BCUT2D eigenvalue weighted by Crippen LogP contribution is 2.19. The van der Waals surface area contributed by atoms with E-state index >= 15 is 0 Å². The molecule has 0 aliphatic heterocycles. The van der Waals surface area contributed by atoms with E-state index in [0.717, 1.165) is 16.1 Å². The molecule has 0 aromatic carbocycles. The van der Waals surface area contributed by atoms with Crippen molar-refractivity contribution in [2.45, 2.75) is 13.0 Å². The van der Waals surface area contributed by atoms with Gasteiger partial charge >= 0.3 is 0 Å². The maximum absolute atomic E-state index is 9.37. The zero-order valence-corrected chi connectivity index (χ0v) is 10.7. The van der Waals surface area contributed by atoms with Gasteiger partial charge in [0.15, 0.2) is 11.5 Å². The molecule has 0 spiro atoms. The summed E-state index contributed by atoms with van der Waals surface area (Å²) < 4.78 is 2.63. The Bertz CT molecular complexity index is 497. The predicted octanol–water partition coefficient (Wildman–Crippen LogP) is 1.31. The van der Waals surface area contributed by atoms with Crippen molar-refractivity contribution in [3.63, 3.8) is 0 Å². The van der Waals surface area contributed by atoms with Crippen molar-refractivity contribution in [3.05, 3.63) is 23.2 Å². The number of likely N-dealkylation sites (N-methyl/N-ethyl adjacent to an activating group) is 1. The van der Waals surface area contributed by atoms with Gasteiger partial charge in [-0.3, -0.25) is 0 Å². The van der Waals surface area contributed by atoms with Crippen LogP contribution in [0.15, 0.2) is 23.2 Å². The fourth-order valence-corrected chi connectivity index (χ4v) is 2.01. The molecular formula is C10H13BrN4O. The fourth-order valence-electron chi connectivity index (χ4n) is 1.62. The third kappa shape index (κ3) is 2.17. The molecule has 1 atom stereocenters. The first kappa shape index (κ1) is 11.3. The molecule has 0 saturated heterocycles. The van der Waals surface area contributed by atoms with Gasteiger partial charge < -0.3 is 14.4 Å². The van der Waals surface area contributed by atoms with Gasteiger partial charge in [-0.1, -0.05) is 0 Å². The van der Waals surface area contributed by atoms with E-state index in [1.165, 1.54) is 0 Å². The van der Waals surface area contributed by atoms with Gasteiger partial charge in [0, 0.05) is 32.2 Å². The molecule has 2 heterocycles. The summed E-state index contributed by atoms with van der Waals surface area (Å²) in [5.41, 5.74) is 0.784. The van der Waals surface area contributed by atoms with Crippen molar-refractivity contribution >= 4 is 27.4 Å². The zero-order valence-electron chi connectivity index (χ0n) is 9.13. The number of nitrogens with zero attached hydrogens (tertiary/aromatic N) is 4. The Labute approximate surface area is 102 Å². The molecule has 0 fully saturated rings. The second-order valence-electron chi connectivity index (χ2n) is 3.77. The number of aliphatic hydroxyl groups is 1. The molecule has 2 aromatic rings. The van der Waals surface area contributed by atoms with Gasteiger partial charge in [-0.25, -0.2) is 9.97 Å². The summed E-state index contributed by atoms with van der Waals surface area (Å²) >= 11 is 3.35. The maximum atomic E-state index is 9.37. The van der Waals surface area contributed by atoms with Crippen LogP contribution in [0.5, 0.6) is 0 Å². The van der Waals surface area contributed by atoms with Crippen molar-refractivity contribution in [2.24, 2.45) is 0 Å². The quantitative estimate of drug-likeness (QED) is 0.923. The Morgan fingerprint density at radius 1 is 1.62 bits per heavy atom. The van der Waals surface area contributed by atoms with Crippen molar-refractivity contribution < 1.29 is 5.11 Å². The van der Waals surface area contributed by atoms with Crippen molar-refractivity contribution in [1.29, 1.82) is 0 Å². The number of fused-ring (bicyclic) bond motifs is 1. The number of aliphatic hydroxyl groups excluding tert-OH is 1. The van der Waals surface area contributed by atoms with Crippen molar-refractivity contribution in [3.8, 4) is 0 Å². The fraction of sp³-hybridized carbons (Fsp3) is 0.400. The van der Waals surface area contributed by atoms with Gasteiger partial charge in [-0.15, -0.1) is 0 Å². The van der Waals surface area contributed by atoms with Gasteiger partial charge in [0.25, 0.3) is 0 Å². The van der Waals surface area contributed by atoms with Gasteiger partial charge in [0.05, 0.1) is 6.10 Å². The SMILES string of the molecule is CC(O)CN(C)c1nc(Br)cn2ccnc12. The molecule has 0 aliphatic rings. The first-order valence-electron chi connectivity index (χ1n) is 4.96. The minimum Gasteiger partial charge on any atom is -0.392 e. The largest absolute Gasteiger partial charge is 0.392 e. The number of imidazole rings is 1. The van der Waals surface area contributed by atoms with E-state index in [4.69, 9.17) is 0 Å². The van der Waals surface area contributed by atoms with Crippen LogP contribution in [-0.2, 0) is 0 Å². The van der Waals surface area contributed by atoms with Crippen LogP contribution in [0.25, 0.3) is 5.65 Å². The zero-order chi connectivity index (χ0) is 11.7. The molecule has 1 unspecified atom stereocenters. The molecule has 2 rings (SSSR count). The molecule has 5 nitrogen and oxygen atoms in total. The average molecular weight is 285 g/mol.